The Labute approximate surface area is 255 Å². The van der Waals surface area contributed by atoms with E-state index in [0.29, 0.717) is 80.4 Å². The number of rotatable bonds is 6. The summed E-state index contributed by atoms with van der Waals surface area (Å²) >= 11 is 0. The summed E-state index contributed by atoms with van der Waals surface area (Å²) in [5.74, 6) is 0.920. The Hall–Kier alpha value is -4.42. The summed E-state index contributed by atoms with van der Waals surface area (Å²) in [5, 5.41) is 3.14. The zero-order chi connectivity index (χ0) is 31.2. The number of hydrogen-bond acceptors (Lipinski definition) is 8. The fourth-order valence-electron chi connectivity index (χ4n) is 5.64. The summed E-state index contributed by atoms with van der Waals surface area (Å²) in [7, 11) is 2.99. The Morgan fingerprint density at radius 1 is 1.07 bits per heavy atom. The number of ether oxygens (including phenoxy) is 3. The number of carbonyl (C=O) groups excluding carboxylic acids is 2. The van der Waals surface area contributed by atoms with Gasteiger partial charge in [-0.3, -0.25) is 19.0 Å². The average Bonchev–Trinajstić information content (AvgIpc) is 3.02. The van der Waals surface area contributed by atoms with E-state index < -0.39 is 5.69 Å². The molecule has 0 unspecified atom stereocenters. The summed E-state index contributed by atoms with van der Waals surface area (Å²) in [5.41, 5.74) is 1.05. The maximum absolute atomic E-state index is 13.6. The maximum Gasteiger partial charge on any atom is 0.328 e. The summed E-state index contributed by atoms with van der Waals surface area (Å²) in [6.45, 7) is 4.38. The normalized spacial score (nSPS) is 19.6. The number of nitrogens with one attached hydrogen (secondary N) is 2. The van der Waals surface area contributed by atoms with Gasteiger partial charge in [-0.05, 0) is 55.2 Å². The van der Waals surface area contributed by atoms with Crippen LogP contribution in [0.4, 0.5) is 0 Å². The van der Waals surface area contributed by atoms with Crippen molar-refractivity contribution in [3.63, 3.8) is 0 Å². The minimum Gasteiger partial charge on any atom is -0.493 e. The van der Waals surface area contributed by atoms with Crippen LogP contribution in [0.2, 0.25) is 0 Å². The highest BCUT2D eigenvalue weighted by molar-refractivity contribution is 5.97. The molecule has 1 saturated heterocycles. The van der Waals surface area contributed by atoms with Crippen LogP contribution >= 0.6 is 0 Å². The molecule has 3 heterocycles. The lowest BCUT2D eigenvalue weighted by Gasteiger charge is -2.39. The molecule has 0 saturated carbocycles. The van der Waals surface area contributed by atoms with E-state index in [1.54, 1.807) is 23.1 Å². The van der Waals surface area contributed by atoms with Gasteiger partial charge >= 0.3 is 5.69 Å². The quantitative estimate of drug-likeness (QED) is 0.436. The number of likely N-dealkylation sites (tertiary alicyclic amines) is 1. The van der Waals surface area contributed by atoms with Crippen LogP contribution in [0.1, 0.15) is 41.3 Å². The Kier molecular flexibility index (Phi) is 9.81. The standard InChI is InChI=1S/C32H39N5O7/c1-4-12-37-19-29(38)34-25-11-14-36(13-10-23-17-33-32(41)35(2)30(23)39)18-28(25)43-20-21-6-5-7-24(15-21)44-27-16-22(31(37)40)8-9-26(27)42-3/h5-9,15-17,25,28H,4,10-14,18-20H2,1-3H3,(H,33,41)(H,34,38)/t25-,28-/m0/s1. The Bertz CT molecular complexity index is 1620. The first kappa shape index (κ1) is 31.0. The van der Waals surface area contributed by atoms with Crippen molar-refractivity contribution in [2.24, 2.45) is 7.05 Å². The van der Waals surface area contributed by atoms with Crippen LogP contribution in [0.3, 0.4) is 0 Å². The van der Waals surface area contributed by atoms with Crippen molar-refractivity contribution in [2.45, 2.75) is 44.9 Å². The molecule has 1 fully saturated rings. The first-order valence-electron chi connectivity index (χ1n) is 14.9. The Balaban J connectivity index is 1.39. The number of fused-ring (bicyclic) bond motifs is 5. The molecule has 2 aliphatic heterocycles. The molecule has 5 rings (SSSR count). The second-order valence-corrected chi connectivity index (χ2v) is 11.2. The lowest BCUT2D eigenvalue weighted by Crippen LogP contribution is -2.56. The van der Waals surface area contributed by atoms with Crippen molar-refractivity contribution in [3.05, 3.63) is 86.2 Å². The van der Waals surface area contributed by atoms with Crippen LogP contribution in [0.15, 0.2) is 58.3 Å². The summed E-state index contributed by atoms with van der Waals surface area (Å²) < 4.78 is 19.2. The van der Waals surface area contributed by atoms with Crippen LogP contribution < -0.4 is 26.0 Å². The number of hydrogen-bond donors (Lipinski definition) is 2. The molecule has 44 heavy (non-hydrogen) atoms. The van der Waals surface area contributed by atoms with Crippen molar-refractivity contribution in [1.29, 1.82) is 0 Å². The van der Waals surface area contributed by atoms with Gasteiger partial charge in [0.05, 0.1) is 32.4 Å². The third-order valence-corrected chi connectivity index (χ3v) is 8.06. The number of amides is 2. The molecule has 2 N–H and O–H groups in total. The number of piperidine rings is 1. The van der Waals surface area contributed by atoms with E-state index in [9.17, 15) is 19.2 Å². The fourth-order valence-corrected chi connectivity index (χ4v) is 5.64. The lowest BCUT2D eigenvalue weighted by atomic mass is 10.0. The van der Waals surface area contributed by atoms with Crippen LogP contribution in [-0.4, -0.2) is 83.1 Å². The smallest absolute Gasteiger partial charge is 0.328 e. The second kappa shape index (κ2) is 13.9. The van der Waals surface area contributed by atoms with Gasteiger partial charge in [0.1, 0.15) is 5.75 Å². The van der Waals surface area contributed by atoms with Crippen LogP contribution in [0, 0.1) is 0 Å². The number of aromatic nitrogens is 2. The van der Waals surface area contributed by atoms with Crippen LogP contribution in [-0.2, 0) is 29.6 Å². The Morgan fingerprint density at radius 3 is 2.70 bits per heavy atom. The third kappa shape index (κ3) is 7.20. The molecule has 234 valence electrons. The molecular weight excluding hydrogens is 566 g/mol. The summed E-state index contributed by atoms with van der Waals surface area (Å²) in [6.07, 6.45) is 2.92. The monoisotopic (exact) mass is 605 g/mol. The second-order valence-electron chi connectivity index (χ2n) is 11.2. The number of methoxy groups -OCH3 is 1. The van der Waals surface area contributed by atoms with E-state index >= 15 is 0 Å². The van der Waals surface area contributed by atoms with Crippen LogP contribution in [0.25, 0.3) is 0 Å². The van der Waals surface area contributed by atoms with Gasteiger partial charge in [0.2, 0.25) is 5.91 Å². The van der Waals surface area contributed by atoms with Gasteiger partial charge < -0.3 is 34.3 Å². The summed E-state index contributed by atoms with van der Waals surface area (Å²) in [6, 6.07) is 12.3. The predicted molar refractivity (Wildman–Crippen MR) is 163 cm³/mol. The SMILES string of the molecule is CCCN1CC(=O)N[C@H]2CCN(CCc3c[nH]c(=O)n(C)c3=O)C[C@@H]2OCc2cccc(c2)Oc2cc(ccc2OC)C1=O. The highest BCUT2D eigenvalue weighted by atomic mass is 16.5. The van der Waals surface area contributed by atoms with E-state index in [1.165, 1.54) is 20.4 Å². The number of carbonyl (C=O) groups is 2. The van der Waals surface area contributed by atoms with Gasteiger partial charge in [-0.1, -0.05) is 19.1 Å². The molecule has 2 amide bonds. The van der Waals surface area contributed by atoms with Gasteiger partial charge in [-0.25, -0.2) is 4.79 Å². The first-order valence-corrected chi connectivity index (χ1v) is 14.9. The van der Waals surface area contributed by atoms with Crippen molar-refractivity contribution in [2.75, 3.05) is 39.8 Å². The molecule has 0 spiro atoms. The molecule has 2 atom stereocenters. The van der Waals surface area contributed by atoms with Gasteiger partial charge in [0, 0.05) is 50.6 Å². The van der Waals surface area contributed by atoms with E-state index in [-0.39, 0.29) is 36.1 Å². The predicted octanol–water partition coefficient (Wildman–Crippen LogP) is 2.06. The topological polar surface area (TPSA) is 135 Å². The molecule has 2 aromatic carbocycles. The maximum atomic E-state index is 13.6. The zero-order valence-corrected chi connectivity index (χ0v) is 25.3. The lowest BCUT2D eigenvalue weighted by molar-refractivity contribution is -0.125. The molecule has 1 aromatic heterocycles. The van der Waals surface area contributed by atoms with Gasteiger partial charge in [0.25, 0.3) is 11.5 Å². The van der Waals surface area contributed by atoms with Crippen LogP contribution in [0.5, 0.6) is 17.2 Å². The zero-order valence-electron chi connectivity index (χ0n) is 25.3. The minimum atomic E-state index is -0.448. The highest BCUT2D eigenvalue weighted by Gasteiger charge is 2.32. The third-order valence-electron chi connectivity index (χ3n) is 8.06. The van der Waals surface area contributed by atoms with Crippen molar-refractivity contribution < 1.29 is 23.8 Å². The number of aromatic amines is 1. The molecule has 0 radical (unpaired) electrons. The van der Waals surface area contributed by atoms with Crippen molar-refractivity contribution >= 4 is 11.8 Å². The molecule has 2 aliphatic rings. The molecular formula is C32H39N5O7. The number of H-pyrrole nitrogens is 1. The van der Waals surface area contributed by atoms with Gasteiger partial charge in [-0.2, -0.15) is 0 Å². The van der Waals surface area contributed by atoms with E-state index in [0.717, 1.165) is 10.1 Å². The minimum absolute atomic E-state index is 0.0869. The number of benzene rings is 2. The molecule has 3 aromatic rings. The van der Waals surface area contributed by atoms with E-state index in [1.807, 2.05) is 31.2 Å². The molecule has 12 nitrogen and oxygen atoms in total. The molecule has 4 bridgehead atoms. The first-order chi connectivity index (χ1) is 21.2. The largest absolute Gasteiger partial charge is 0.493 e. The summed E-state index contributed by atoms with van der Waals surface area (Å²) in [4.78, 5) is 57.5. The average molecular weight is 606 g/mol. The molecule has 12 heteroatoms. The number of nitrogens with zero attached hydrogens (tertiary/aromatic N) is 3. The van der Waals surface area contributed by atoms with E-state index in [4.69, 9.17) is 14.2 Å². The van der Waals surface area contributed by atoms with Crippen molar-refractivity contribution in [3.8, 4) is 17.2 Å². The Morgan fingerprint density at radius 2 is 1.91 bits per heavy atom. The van der Waals surface area contributed by atoms with Gasteiger partial charge in [-0.15, -0.1) is 0 Å². The fraction of sp³-hybridized carbons (Fsp3) is 0.438. The van der Waals surface area contributed by atoms with Gasteiger partial charge in [0.15, 0.2) is 11.5 Å². The molecule has 0 aliphatic carbocycles. The van der Waals surface area contributed by atoms with Crippen molar-refractivity contribution in [1.82, 2.24) is 24.7 Å². The van der Waals surface area contributed by atoms with E-state index in [2.05, 4.69) is 15.2 Å². The highest BCUT2D eigenvalue weighted by Crippen LogP contribution is 2.33.